The van der Waals surface area contributed by atoms with Crippen molar-refractivity contribution in [1.82, 2.24) is 0 Å². The molecule has 0 saturated carbocycles. The van der Waals surface area contributed by atoms with Gasteiger partial charge >= 0.3 is 17.9 Å². The molecule has 0 fully saturated rings. The summed E-state index contributed by atoms with van der Waals surface area (Å²) in [4.78, 5) is 38.1. The summed E-state index contributed by atoms with van der Waals surface area (Å²) in [5.41, 5.74) is 0. The van der Waals surface area contributed by atoms with Crippen molar-refractivity contribution in [3.05, 3.63) is 72.9 Å². The Hall–Kier alpha value is -3.15. The number of carbonyl (C=O) groups is 3. The van der Waals surface area contributed by atoms with Gasteiger partial charge in [0.15, 0.2) is 6.10 Å². The van der Waals surface area contributed by atoms with Crippen LogP contribution in [0.3, 0.4) is 0 Å². The average Bonchev–Trinajstić information content (AvgIpc) is 3.30. The zero-order chi connectivity index (χ0) is 47.2. The van der Waals surface area contributed by atoms with Crippen LogP contribution in [-0.4, -0.2) is 37.2 Å². The fourth-order valence-electron chi connectivity index (χ4n) is 7.54. The van der Waals surface area contributed by atoms with Crippen molar-refractivity contribution in [3.8, 4) is 0 Å². The van der Waals surface area contributed by atoms with Crippen molar-refractivity contribution in [2.75, 3.05) is 13.2 Å². The highest BCUT2D eigenvalue weighted by Crippen LogP contribution is 2.14. The Bertz CT molecular complexity index is 1230. The Morgan fingerprint density at radius 3 is 0.954 bits per heavy atom. The first-order valence-electron chi connectivity index (χ1n) is 27.4. The van der Waals surface area contributed by atoms with Gasteiger partial charge in [0.2, 0.25) is 0 Å². The number of esters is 3. The monoisotopic (exact) mass is 907 g/mol. The summed E-state index contributed by atoms with van der Waals surface area (Å²) < 4.78 is 16.8. The molecule has 0 aromatic heterocycles. The van der Waals surface area contributed by atoms with Crippen LogP contribution in [0.1, 0.15) is 265 Å². The molecule has 0 saturated heterocycles. The molecule has 1 atom stereocenters. The lowest BCUT2D eigenvalue weighted by Crippen LogP contribution is -2.30. The molecule has 0 unspecified atom stereocenters. The van der Waals surface area contributed by atoms with E-state index in [1.165, 1.54) is 128 Å². The van der Waals surface area contributed by atoms with Gasteiger partial charge in [0, 0.05) is 19.3 Å². The van der Waals surface area contributed by atoms with E-state index >= 15 is 0 Å². The minimum absolute atomic E-state index is 0.0869. The second-order valence-electron chi connectivity index (χ2n) is 18.1. The molecule has 0 radical (unpaired) electrons. The number of rotatable bonds is 49. The minimum atomic E-state index is -0.789. The first kappa shape index (κ1) is 61.9. The van der Waals surface area contributed by atoms with Gasteiger partial charge < -0.3 is 14.2 Å². The van der Waals surface area contributed by atoms with Crippen LogP contribution in [0, 0.1) is 0 Å². The van der Waals surface area contributed by atoms with E-state index in [2.05, 4.69) is 93.7 Å². The molecule has 0 bridgehead atoms. The Balaban J connectivity index is 4.43. The fourth-order valence-corrected chi connectivity index (χ4v) is 7.54. The number of hydrogen-bond acceptors (Lipinski definition) is 6. The predicted octanol–water partition coefficient (Wildman–Crippen LogP) is 18.2. The van der Waals surface area contributed by atoms with Gasteiger partial charge in [-0.15, -0.1) is 0 Å². The van der Waals surface area contributed by atoms with Crippen molar-refractivity contribution in [2.24, 2.45) is 0 Å². The standard InChI is InChI=1S/C59H102O6/c1-4-7-10-13-16-19-22-25-28-29-32-34-37-40-43-46-49-52-58(61)64-55-56(65-59(62)53-50-47-44-41-38-35-31-27-24-21-18-15-12-9-6-3)54-63-57(60)51-48-45-42-39-36-33-30-26-23-20-17-14-11-8-5-2/h7,10,16,19-21,23-25,28,32,34,56H,4-6,8-9,11-15,17-18,22,26-27,29-31,33,35-55H2,1-3H3/b10-7-,19-16-,23-20-,24-21-,28-25-,34-32-/t56-/m0/s1. The van der Waals surface area contributed by atoms with E-state index in [1.807, 2.05) is 0 Å². The van der Waals surface area contributed by atoms with E-state index in [-0.39, 0.29) is 31.1 Å². The van der Waals surface area contributed by atoms with Crippen LogP contribution >= 0.6 is 0 Å². The summed E-state index contributed by atoms with van der Waals surface area (Å²) in [6.07, 6.45) is 67.4. The normalized spacial score (nSPS) is 12.6. The molecular weight excluding hydrogens is 805 g/mol. The summed E-state index contributed by atoms with van der Waals surface area (Å²) in [5, 5.41) is 0. The van der Waals surface area contributed by atoms with Crippen LogP contribution in [0.25, 0.3) is 0 Å². The fraction of sp³-hybridized carbons (Fsp3) is 0.746. The molecule has 0 rings (SSSR count). The van der Waals surface area contributed by atoms with Crippen LogP contribution in [0.2, 0.25) is 0 Å². The van der Waals surface area contributed by atoms with Gasteiger partial charge in [-0.3, -0.25) is 14.4 Å². The van der Waals surface area contributed by atoms with Crippen molar-refractivity contribution in [1.29, 1.82) is 0 Å². The summed E-state index contributed by atoms with van der Waals surface area (Å²) >= 11 is 0. The first-order valence-corrected chi connectivity index (χ1v) is 27.4. The van der Waals surface area contributed by atoms with Crippen molar-refractivity contribution >= 4 is 17.9 Å². The maximum absolute atomic E-state index is 12.8. The van der Waals surface area contributed by atoms with Crippen molar-refractivity contribution in [2.45, 2.75) is 271 Å². The molecule has 0 aromatic rings. The topological polar surface area (TPSA) is 78.9 Å². The van der Waals surface area contributed by atoms with Crippen LogP contribution in [0.15, 0.2) is 72.9 Å². The third kappa shape index (κ3) is 51.7. The molecule has 0 aliphatic rings. The van der Waals surface area contributed by atoms with Gasteiger partial charge in [0.05, 0.1) is 0 Å². The lowest BCUT2D eigenvalue weighted by atomic mass is 10.1. The summed E-state index contributed by atoms with van der Waals surface area (Å²) in [5.74, 6) is -0.915. The number of allylic oxidation sites excluding steroid dienone is 12. The van der Waals surface area contributed by atoms with Crippen LogP contribution < -0.4 is 0 Å². The van der Waals surface area contributed by atoms with Gasteiger partial charge in [-0.2, -0.15) is 0 Å². The number of hydrogen-bond donors (Lipinski definition) is 0. The highest BCUT2D eigenvalue weighted by Gasteiger charge is 2.19. The largest absolute Gasteiger partial charge is 0.462 e. The number of ether oxygens (including phenoxy) is 3. The molecule has 0 aromatic carbocycles. The second-order valence-corrected chi connectivity index (χ2v) is 18.1. The number of carbonyl (C=O) groups excluding carboxylic acids is 3. The molecule has 0 amide bonds. The Kier molecular flexibility index (Phi) is 50.9. The lowest BCUT2D eigenvalue weighted by Gasteiger charge is -2.18. The van der Waals surface area contributed by atoms with Gasteiger partial charge in [0.1, 0.15) is 13.2 Å². The lowest BCUT2D eigenvalue weighted by molar-refractivity contribution is -0.167. The summed E-state index contributed by atoms with van der Waals surface area (Å²) in [6.45, 7) is 6.48. The summed E-state index contributed by atoms with van der Waals surface area (Å²) in [6, 6.07) is 0. The molecular formula is C59H102O6. The Morgan fingerprint density at radius 1 is 0.323 bits per heavy atom. The van der Waals surface area contributed by atoms with Crippen molar-refractivity contribution < 1.29 is 28.6 Å². The van der Waals surface area contributed by atoms with Crippen LogP contribution in [0.4, 0.5) is 0 Å². The molecule has 0 aliphatic heterocycles. The van der Waals surface area contributed by atoms with E-state index in [0.717, 1.165) is 96.3 Å². The second kappa shape index (κ2) is 53.5. The first-order chi connectivity index (χ1) is 32.0. The zero-order valence-electron chi connectivity index (χ0n) is 42.7. The van der Waals surface area contributed by atoms with E-state index < -0.39 is 6.10 Å². The van der Waals surface area contributed by atoms with E-state index in [9.17, 15) is 14.4 Å². The molecule has 374 valence electrons. The highest BCUT2D eigenvalue weighted by molar-refractivity contribution is 5.71. The molecule has 0 aliphatic carbocycles. The van der Waals surface area contributed by atoms with E-state index in [1.54, 1.807) is 0 Å². The van der Waals surface area contributed by atoms with Gasteiger partial charge in [-0.05, 0) is 109 Å². The quantitative estimate of drug-likeness (QED) is 0.0262. The zero-order valence-corrected chi connectivity index (χ0v) is 42.7. The Morgan fingerprint density at radius 2 is 0.600 bits per heavy atom. The molecule has 0 N–H and O–H groups in total. The van der Waals surface area contributed by atoms with Crippen LogP contribution in [-0.2, 0) is 28.6 Å². The third-order valence-corrected chi connectivity index (χ3v) is 11.7. The van der Waals surface area contributed by atoms with E-state index in [4.69, 9.17) is 14.2 Å². The molecule has 6 heteroatoms. The third-order valence-electron chi connectivity index (χ3n) is 11.7. The maximum Gasteiger partial charge on any atom is 0.306 e. The van der Waals surface area contributed by atoms with Gasteiger partial charge in [-0.1, -0.05) is 209 Å². The minimum Gasteiger partial charge on any atom is -0.462 e. The maximum atomic E-state index is 12.8. The molecule has 65 heavy (non-hydrogen) atoms. The molecule has 6 nitrogen and oxygen atoms in total. The SMILES string of the molecule is CC/C=C\C/C=C\C/C=C\C/C=C\CCCCCCC(=O)OC[C@H](COC(=O)CCCCCCCCC/C=C\CCCCCC)OC(=O)CCCCCCCCC/C=C\CCCCCC. The summed E-state index contributed by atoms with van der Waals surface area (Å²) in [7, 11) is 0. The average molecular weight is 907 g/mol. The van der Waals surface area contributed by atoms with E-state index in [0.29, 0.717) is 19.3 Å². The van der Waals surface area contributed by atoms with Crippen molar-refractivity contribution in [3.63, 3.8) is 0 Å². The highest BCUT2D eigenvalue weighted by atomic mass is 16.6. The predicted molar refractivity (Wildman–Crippen MR) is 279 cm³/mol. The number of unbranched alkanes of at least 4 members (excludes halogenated alkanes) is 26. The Labute approximate surface area is 402 Å². The van der Waals surface area contributed by atoms with Gasteiger partial charge in [-0.25, -0.2) is 0 Å². The molecule has 0 heterocycles. The molecule has 0 spiro atoms. The smallest absolute Gasteiger partial charge is 0.306 e. The van der Waals surface area contributed by atoms with Crippen LogP contribution in [0.5, 0.6) is 0 Å². The van der Waals surface area contributed by atoms with Gasteiger partial charge in [0.25, 0.3) is 0 Å².